The Hall–Kier alpha value is -1.08. The second-order valence-electron chi connectivity index (χ2n) is 3.56. The van der Waals surface area contributed by atoms with Gasteiger partial charge in [-0.15, -0.1) is 0 Å². The Bertz CT molecular complexity index is 601. The molecule has 0 unspecified atom stereocenters. The molecule has 18 heavy (non-hydrogen) atoms. The van der Waals surface area contributed by atoms with Crippen LogP contribution in [0.25, 0.3) is 0 Å². The Morgan fingerprint density at radius 3 is 2.67 bits per heavy atom. The van der Waals surface area contributed by atoms with Crippen molar-refractivity contribution >= 4 is 44.4 Å². The highest BCUT2D eigenvalue weighted by Gasteiger charge is 2.10. The third-order valence-corrected chi connectivity index (χ3v) is 3.40. The molecule has 3 nitrogen and oxygen atoms in total. The van der Waals surface area contributed by atoms with Gasteiger partial charge in [0.25, 0.3) is 5.91 Å². The largest absolute Gasteiger partial charge is 0.456 e. The lowest BCUT2D eigenvalue weighted by molar-refractivity contribution is 0.0998. The molecule has 0 saturated heterocycles. The maximum Gasteiger partial charge on any atom is 0.252 e. The summed E-state index contributed by atoms with van der Waals surface area (Å²) in [5.41, 5.74) is 5.67. The van der Waals surface area contributed by atoms with Crippen LogP contribution in [0.4, 0.5) is 0 Å². The van der Waals surface area contributed by atoms with Gasteiger partial charge in [-0.05, 0) is 59.0 Å². The summed E-state index contributed by atoms with van der Waals surface area (Å²) in [4.78, 5) is 11.3. The fourth-order valence-corrected chi connectivity index (χ4v) is 2.30. The van der Waals surface area contributed by atoms with Gasteiger partial charge >= 0.3 is 0 Å². The van der Waals surface area contributed by atoms with Crippen LogP contribution in [0.5, 0.6) is 11.5 Å². The molecule has 0 spiro atoms. The van der Waals surface area contributed by atoms with E-state index in [1.54, 1.807) is 18.2 Å². The van der Waals surface area contributed by atoms with Gasteiger partial charge in [-0.1, -0.05) is 22.0 Å². The first-order valence-corrected chi connectivity index (χ1v) is 6.96. The number of carbonyl (C=O) groups excluding carboxylic acids is 1. The van der Waals surface area contributed by atoms with Crippen molar-refractivity contribution in [2.24, 2.45) is 5.73 Å². The molecule has 0 saturated carbocycles. The molecule has 0 aliphatic rings. The fraction of sp³-hybridized carbons (Fsp3) is 0. The lowest BCUT2D eigenvalue weighted by Crippen LogP contribution is -2.12. The summed E-state index contributed by atoms with van der Waals surface area (Å²) in [7, 11) is 0. The number of hydrogen-bond acceptors (Lipinski definition) is 2. The van der Waals surface area contributed by atoms with Crippen LogP contribution >= 0.6 is 38.5 Å². The zero-order valence-corrected chi connectivity index (χ0v) is 12.9. The molecule has 2 aromatic carbocycles. The molecule has 0 bridgehead atoms. The van der Waals surface area contributed by atoms with Gasteiger partial charge in [-0.2, -0.15) is 0 Å². The second-order valence-corrected chi connectivity index (χ2v) is 5.73. The summed E-state index contributed by atoms with van der Waals surface area (Å²) in [5.74, 6) is 0.601. The number of primary amides is 1. The molecule has 1 amide bonds. The summed E-state index contributed by atoms with van der Waals surface area (Å²) in [5, 5.41) is 0. The predicted molar refractivity (Wildman–Crippen MR) is 81.9 cm³/mol. The van der Waals surface area contributed by atoms with Crippen molar-refractivity contribution in [3.05, 3.63) is 56.1 Å². The van der Waals surface area contributed by atoms with Crippen LogP contribution in [0.2, 0.25) is 0 Å². The molecule has 0 fully saturated rings. The second kappa shape index (κ2) is 5.71. The van der Waals surface area contributed by atoms with Crippen molar-refractivity contribution in [2.75, 3.05) is 0 Å². The predicted octanol–water partition coefficient (Wildman–Crippen LogP) is 3.94. The molecule has 5 heteroatoms. The van der Waals surface area contributed by atoms with Gasteiger partial charge in [0.2, 0.25) is 0 Å². The molecule has 0 heterocycles. The molecule has 0 radical (unpaired) electrons. The number of rotatable bonds is 3. The average Bonchev–Trinajstić information content (AvgIpc) is 2.28. The van der Waals surface area contributed by atoms with Gasteiger partial charge in [-0.25, -0.2) is 0 Å². The maximum atomic E-state index is 11.3. The highest BCUT2D eigenvalue weighted by Crippen LogP contribution is 2.29. The Balaban J connectivity index is 2.39. The SMILES string of the molecule is NC(=O)c1ccc(Br)cc1Oc1cccc(I)c1. The minimum absolute atomic E-state index is 0.358. The molecule has 2 aromatic rings. The average molecular weight is 418 g/mol. The van der Waals surface area contributed by atoms with Gasteiger partial charge in [0.1, 0.15) is 11.5 Å². The number of amides is 1. The van der Waals surface area contributed by atoms with Gasteiger partial charge < -0.3 is 10.5 Å². The standard InChI is InChI=1S/C13H9BrINO2/c14-8-4-5-11(13(16)17)12(6-8)18-10-3-1-2-9(15)7-10/h1-7H,(H2,16,17). The van der Waals surface area contributed by atoms with E-state index in [1.807, 2.05) is 24.3 Å². The van der Waals surface area contributed by atoms with Crippen LogP contribution < -0.4 is 10.5 Å². The molecule has 2 N–H and O–H groups in total. The lowest BCUT2D eigenvalue weighted by Gasteiger charge is -2.09. The Kier molecular flexibility index (Phi) is 4.23. The number of nitrogens with two attached hydrogens (primary N) is 1. The van der Waals surface area contributed by atoms with Crippen molar-refractivity contribution in [2.45, 2.75) is 0 Å². The van der Waals surface area contributed by atoms with E-state index in [2.05, 4.69) is 38.5 Å². The van der Waals surface area contributed by atoms with Crippen LogP contribution in [0, 0.1) is 3.57 Å². The third-order valence-electron chi connectivity index (χ3n) is 2.23. The minimum Gasteiger partial charge on any atom is -0.456 e. The quantitative estimate of drug-likeness (QED) is 0.769. The smallest absolute Gasteiger partial charge is 0.252 e. The molecular weight excluding hydrogens is 409 g/mol. The normalized spacial score (nSPS) is 10.1. The molecule has 0 atom stereocenters. The summed E-state index contributed by atoms with van der Waals surface area (Å²) in [6, 6.07) is 12.7. The van der Waals surface area contributed by atoms with Crippen LogP contribution in [0.1, 0.15) is 10.4 Å². The molecule has 0 aromatic heterocycles. The summed E-state index contributed by atoms with van der Waals surface area (Å²) in [6.45, 7) is 0. The number of hydrogen-bond donors (Lipinski definition) is 1. The van der Waals surface area contributed by atoms with Crippen molar-refractivity contribution in [1.29, 1.82) is 0 Å². The zero-order chi connectivity index (χ0) is 13.1. The van der Waals surface area contributed by atoms with E-state index in [1.165, 1.54) is 0 Å². The summed E-state index contributed by atoms with van der Waals surface area (Å²) >= 11 is 5.54. The van der Waals surface area contributed by atoms with E-state index < -0.39 is 5.91 Å². The molecule has 2 rings (SSSR count). The Morgan fingerprint density at radius 1 is 1.22 bits per heavy atom. The van der Waals surface area contributed by atoms with Crippen LogP contribution in [-0.2, 0) is 0 Å². The third kappa shape index (κ3) is 3.23. The first kappa shape index (κ1) is 13.4. The molecule has 92 valence electrons. The first-order chi connectivity index (χ1) is 8.56. The molecular formula is C13H9BrINO2. The topological polar surface area (TPSA) is 52.3 Å². The van der Waals surface area contributed by atoms with Gasteiger partial charge in [0, 0.05) is 8.04 Å². The van der Waals surface area contributed by atoms with Crippen molar-refractivity contribution in [3.8, 4) is 11.5 Å². The Labute approximate surface area is 127 Å². The first-order valence-electron chi connectivity index (χ1n) is 5.09. The van der Waals surface area contributed by atoms with E-state index in [4.69, 9.17) is 10.5 Å². The van der Waals surface area contributed by atoms with Crippen LogP contribution in [0.15, 0.2) is 46.9 Å². The number of halogens is 2. The number of benzene rings is 2. The van der Waals surface area contributed by atoms with Gasteiger partial charge in [0.05, 0.1) is 5.56 Å². The van der Waals surface area contributed by atoms with Crippen LogP contribution in [0.3, 0.4) is 0 Å². The highest BCUT2D eigenvalue weighted by atomic mass is 127. The highest BCUT2D eigenvalue weighted by molar-refractivity contribution is 14.1. The summed E-state index contributed by atoms with van der Waals surface area (Å²) < 4.78 is 7.58. The van der Waals surface area contributed by atoms with Crippen molar-refractivity contribution in [1.82, 2.24) is 0 Å². The minimum atomic E-state index is -0.511. The fourth-order valence-electron chi connectivity index (χ4n) is 1.44. The van der Waals surface area contributed by atoms with Crippen molar-refractivity contribution < 1.29 is 9.53 Å². The van der Waals surface area contributed by atoms with Crippen molar-refractivity contribution in [3.63, 3.8) is 0 Å². The number of carbonyl (C=O) groups is 1. The van der Waals surface area contributed by atoms with E-state index >= 15 is 0 Å². The van der Waals surface area contributed by atoms with Crippen LogP contribution in [-0.4, -0.2) is 5.91 Å². The number of ether oxygens (including phenoxy) is 1. The van der Waals surface area contributed by atoms with E-state index in [0.717, 1.165) is 8.04 Å². The van der Waals surface area contributed by atoms with E-state index in [0.29, 0.717) is 17.1 Å². The monoisotopic (exact) mass is 417 g/mol. The Morgan fingerprint density at radius 2 is 2.00 bits per heavy atom. The maximum absolute atomic E-state index is 11.3. The molecule has 0 aliphatic carbocycles. The zero-order valence-electron chi connectivity index (χ0n) is 9.19. The molecule has 0 aliphatic heterocycles. The van der Waals surface area contributed by atoms with E-state index in [9.17, 15) is 4.79 Å². The van der Waals surface area contributed by atoms with Gasteiger partial charge in [0.15, 0.2) is 0 Å². The van der Waals surface area contributed by atoms with E-state index in [-0.39, 0.29) is 0 Å². The summed E-state index contributed by atoms with van der Waals surface area (Å²) in [6.07, 6.45) is 0. The van der Waals surface area contributed by atoms with Gasteiger partial charge in [-0.3, -0.25) is 4.79 Å². The lowest BCUT2D eigenvalue weighted by atomic mass is 10.2.